The van der Waals surface area contributed by atoms with Crippen molar-refractivity contribution in [2.75, 3.05) is 4.84 Å². The zero-order valence-corrected chi connectivity index (χ0v) is 14.4. The maximum absolute atomic E-state index is 5.89. The van der Waals surface area contributed by atoms with Crippen LogP contribution in [0.5, 0.6) is 11.5 Å². The fourth-order valence-corrected chi connectivity index (χ4v) is 3.34. The van der Waals surface area contributed by atoms with Gasteiger partial charge in [-0.25, -0.2) is 9.97 Å². The molecule has 1 N–H and O–H groups in total. The van der Waals surface area contributed by atoms with E-state index in [0.717, 1.165) is 20.9 Å². The monoisotopic (exact) mass is 369 g/mol. The molecule has 4 aromatic rings. The van der Waals surface area contributed by atoms with Gasteiger partial charge < -0.3 is 9.15 Å². The number of benzene rings is 1. The minimum Gasteiger partial charge on any atom is -0.464 e. The van der Waals surface area contributed by atoms with Crippen molar-refractivity contribution in [2.24, 2.45) is 0 Å². The predicted molar refractivity (Wildman–Crippen MR) is 98.4 cm³/mol. The van der Waals surface area contributed by atoms with Gasteiger partial charge in [-0.3, -0.25) is 4.84 Å². The molecule has 0 unspecified atom stereocenters. The van der Waals surface area contributed by atoms with Crippen molar-refractivity contribution in [3.8, 4) is 11.5 Å². The lowest BCUT2D eigenvalue weighted by Crippen LogP contribution is -1.93. The standard InChI is InChI=1S/C18H12ClN3O2S/c19-22-17-16(24-12-4-2-1-3-5-12)10-13(11-21-17)25-18-14-7-9-23-15(14)6-8-20-18/h1-11H,(H,21,22). The molecule has 1 aromatic carbocycles. The van der Waals surface area contributed by atoms with E-state index in [-0.39, 0.29) is 0 Å². The maximum atomic E-state index is 5.89. The Morgan fingerprint density at radius 2 is 1.96 bits per heavy atom. The second kappa shape index (κ2) is 7.04. The Kier molecular flexibility index (Phi) is 4.45. The van der Waals surface area contributed by atoms with Crippen LogP contribution in [0.3, 0.4) is 0 Å². The summed E-state index contributed by atoms with van der Waals surface area (Å²) in [5.41, 5.74) is 0.797. The van der Waals surface area contributed by atoms with E-state index in [0.29, 0.717) is 17.3 Å². The molecular formula is C18H12ClN3O2S. The highest BCUT2D eigenvalue weighted by Crippen LogP contribution is 2.36. The normalized spacial score (nSPS) is 10.8. The first-order valence-electron chi connectivity index (χ1n) is 7.43. The lowest BCUT2D eigenvalue weighted by molar-refractivity contribution is 0.481. The van der Waals surface area contributed by atoms with Crippen LogP contribution >= 0.6 is 23.5 Å². The topological polar surface area (TPSA) is 60.2 Å². The van der Waals surface area contributed by atoms with E-state index in [1.165, 1.54) is 11.8 Å². The number of halogens is 1. The van der Waals surface area contributed by atoms with Crippen molar-refractivity contribution in [1.29, 1.82) is 0 Å². The summed E-state index contributed by atoms with van der Waals surface area (Å²) in [5.74, 6) is 1.68. The highest BCUT2D eigenvalue weighted by Gasteiger charge is 2.11. The molecule has 124 valence electrons. The van der Waals surface area contributed by atoms with Gasteiger partial charge in [0, 0.05) is 35.1 Å². The third kappa shape index (κ3) is 3.40. The molecule has 0 aliphatic heterocycles. The van der Waals surface area contributed by atoms with Gasteiger partial charge >= 0.3 is 0 Å². The second-order valence-electron chi connectivity index (χ2n) is 5.08. The smallest absolute Gasteiger partial charge is 0.184 e. The summed E-state index contributed by atoms with van der Waals surface area (Å²) in [6, 6.07) is 15.1. The summed E-state index contributed by atoms with van der Waals surface area (Å²) in [4.78, 5) is 12.1. The Bertz CT molecular complexity index is 1010. The summed E-state index contributed by atoms with van der Waals surface area (Å²) in [5, 5.41) is 1.79. The molecule has 0 amide bonds. The molecule has 5 nitrogen and oxygen atoms in total. The number of furan rings is 1. The Hall–Kier alpha value is -2.70. The number of aromatic nitrogens is 2. The number of hydrogen-bond acceptors (Lipinski definition) is 6. The third-order valence-electron chi connectivity index (χ3n) is 3.45. The van der Waals surface area contributed by atoms with Crippen LogP contribution in [0.1, 0.15) is 0 Å². The van der Waals surface area contributed by atoms with Crippen LogP contribution in [0, 0.1) is 0 Å². The third-order valence-corrected chi connectivity index (χ3v) is 4.60. The number of hydrogen-bond donors (Lipinski definition) is 1. The van der Waals surface area contributed by atoms with Crippen molar-refractivity contribution in [3.63, 3.8) is 0 Å². The van der Waals surface area contributed by atoms with E-state index in [1.807, 2.05) is 48.5 Å². The first kappa shape index (κ1) is 15.8. The Morgan fingerprint density at radius 1 is 1.08 bits per heavy atom. The number of para-hydroxylation sites is 1. The highest BCUT2D eigenvalue weighted by atomic mass is 35.5. The van der Waals surface area contributed by atoms with Crippen molar-refractivity contribution < 1.29 is 9.15 Å². The maximum Gasteiger partial charge on any atom is 0.184 e. The molecule has 0 saturated heterocycles. The first-order valence-corrected chi connectivity index (χ1v) is 8.62. The lowest BCUT2D eigenvalue weighted by Gasteiger charge is -2.10. The van der Waals surface area contributed by atoms with Gasteiger partial charge in [0.2, 0.25) is 0 Å². The summed E-state index contributed by atoms with van der Waals surface area (Å²) in [6.07, 6.45) is 5.09. The molecule has 0 saturated carbocycles. The van der Waals surface area contributed by atoms with Gasteiger partial charge in [0.1, 0.15) is 16.4 Å². The van der Waals surface area contributed by atoms with Crippen molar-refractivity contribution in [2.45, 2.75) is 9.92 Å². The number of anilines is 1. The van der Waals surface area contributed by atoms with E-state index >= 15 is 0 Å². The fraction of sp³-hybridized carbons (Fsp3) is 0. The highest BCUT2D eigenvalue weighted by molar-refractivity contribution is 7.99. The molecule has 0 aliphatic carbocycles. The minimum atomic E-state index is 0.448. The molecule has 0 bridgehead atoms. The SMILES string of the molecule is ClNc1ncc(Sc2nccc3occc23)cc1Oc1ccccc1. The van der Waals surface area contributed by atoms with Crippen molar-refractivity contribution >= 4 is 40.3 Å². The summed E-state index contributed by atoms with van der Waals surface area (Å²) in [7, 11) is 0. The molecule has 4 rings (SSSR count). The number of ether oxygens (including phenoxy) is 1. The van der Waals surface area contributed by atoms with Gasteiger partial charge in [-0.1, -0.05) is 30.0 Å². The fourth-order valence-electron chi connectivity index (χ4n) is 2.31. The average Bonchev–Trinajstić information content (AvgIpc) is 3.13. The van der Waals surface area contributed by atoms with E-state index < -0.39 is 0 Å². The molecule has 0 fully saturated rings. The van der Waals surface area contributed by atoms with Crippen LogP contribution in [0.25, 0.3) is 11.0 Å². The van der Waals surface area contributed by atoms with Gasteiger partial charge in [0.15, 0.2) is 11.6 Å². The quantitative estimate of drug-likeness (QED) is 0.453. The van der Waals surface area contributed by atoms with Gasteiger partial charge in [-0.15, -0.1) is 0 Å². The number of rotatable bonds is 5. The molecule has 3 heterocycles. The molecule has 7 heteroatoms. The molecule has 3 aromatic heterocycles. The van der Waals surface area contributed by atoms with E-state index in [2.05, 4.69) is 14.8 Å². The molecular weight excluding hydrogens is 358 g/mol. The minimum absolute atomic E-state index is 0.448. The number of pyridine rings is 2. The van der Waals surface area contributed by atoms with Gasteiger partial charge in [0.25, 0.3) is 0 Å². The Labute approximate surface area is 153 Å². The number of nitrogens with zero attached hydrogens (tertiary/aromatic N) is 2. The largest absolute Gasteiger partial charge is 0.464 e. The molecule has 0 spiro atoms. The van der Waals surface area contributed by atoms with Crippen LogP contribution in [0.4, 0.5) is 5.82 Å². The predicted octanol–water partition coefficient (Wildman–Crippen LogP) is 5.73. The van der Waals surface area contributed by atoms with E-state index in [4.69, 9.17) is 20.9 Å². The number of fused-ring (bicyclic) bond motifs is 1. The van der Waals surface area contributed by atoms with E-state index in [1.54, 1.807) is 18.7 Å². The van der Waals surface area contributed by atoms with Gasteiger partial charge in [0.05, 0.1) is 11.6 Å². The molecule has 25 heavy (non-hydrogen) atoms. The lowest BCUT2D eigenvalue weighted by atomic mass is 10.3. The summed E-state index contributed by atoms with van der Waals surface area (Å²) in [6.45, 7) is 0. The zero-order valence-electron chi connectivity index (χ0n) is 12.8. The summed E-state index contributed by atoms with van der Waals surface area (Å²) < 4.78 is 11.3. The van der Waals surface area contributed by atoms with Crippen LogP contribution in [0.2, 0.25) is 0 Å². The molecule has 0 radical (unpaired) electrons. The molecule has 0 atom stereocenters. The number of nitrogens with one attached hydrogen (secondary N) is 1. The second-order valence-corrected chi connectivity index (χ2v) is 6.33. The van der Waals surface area contributed by atoms with Crippen LogP contribution in [-0.4, -0.2) is 9.97 Å². The van der Waals surface area contributed by atoms with Crippen LogP contribution in [-0.2, 0) is 0 Å². The van der Waals surface area contributed by atoms with Crippen molar-refractivity contribution in [1.82, 2.24) is 9.97 Å². The van der Waals surface area contributed by atoms with Crippen LogP contribution in [0.15, 0.2) is 81.5 Å². The van der Waals surface area contributed by atoms with Gasteiger partial charge in [-0.05, 0) is 24.3 Å². The molecule has 0 aliphatic rings. The average molecular weight is 370 g/mol. The van der Waals surface area contributed by atoms with E-state index in [9.17, 15) is 0 Å². The summed E-state index contributed by atoms with van der Waals surface area (Å²) >= 11 is 7.23. The zero-order chi connectivity index (χ0) is 17.1. The van der Waals surface area contributed by atoms with Crippen molar-refractivity contribution in [3.05, 3.63) is 67.2 Å². The Balaban J connectivity index is 1.66. The first-order chi connectivity index (χ1) is 12.3. The Morgan fingerprint density at radius 3 is 2.80 bits per heavy atom. The van der Waals surface area contributed by atoms with Crippen LogP contribution < -0.4 is 9.57 Å². The van der Waals surface area contributed by atoms with Gasteiger partial charge in [-0.2, -0.15) is 0 Å².